The molecule has 76 valence electrons. The molecule has 2 aromatic carbocycles. The Hall–Kier alpha value is -0.942. The first-order valence-corrected chi connectivity index (χ1v) is 7.32. The zero-order valence-corrected chi connectivity index (χ0v) is 11.8. The van der Waals surface area contributed by atoms with Crippen LogP contribution in [-0.2, 0) is 0 Å². The second kappa shape index (κ2) is 5.23. The summed E-state index contributed by atoms with van der Waals surface area (Å²) in [4.78, 5) is 2.35. The van der Waals surface area contributed by atoms with Gasteiger partial charge in [0.05, 0.1) is 0 Å². The SMILES string of the molecule is [SbH2][CH2]N(c1ccccc1)c1ccccc1. The van der Waals surface area contributed by atoms with Crippen molar-refractivity contribution in [1.29, 1.82) is 0 Å². The van der Waals surface area contributed by atoms with Crippen LogP contribution in [0.4, 0.5) is 11.4 Å². The van der Waals surface area contributed by atoms with Crippen molar-refractivity contribution in [3.8, 4) is 0 Å². The molecular weight excluding hydrogens is 292 g/mol. The van der Waals surface area contributed by atoms with Gasteiger partial charge in [-0.2, -0.15) is 0 Å². The van der Waals surface area contributed by atoms with Gasteiger partial charge in [0.2, 0.25) is 0 Å². The molecule has 0 aliphatic carbocycles. The van der Waals surface area contributed by atoms with E-state index in [-0.39, 0.29) is 0 Å². The van der Waals surface area contributed by atoms with E-state index >= 15 is 0 Å². The van der Waals surface area contributed by atoms with Crippen molar-refractivity contribution in [2.75, 3.05) is 9.39 Å². The first-order chi connectivity index (χ1) is 7.42. The molecule has 0 heterocycles. The van der Waals surface area contributed by atoms with Crippen molar-refractivity contribution in [2.24, 2.45) is 0 Å². The molecule has 1 nitrogen and oxygen atoms in total. The minimum atomic E-state index is 1.11. The Morgan fingerprint density at radius 3 is 1.47 bits per heavy atom. The molecule has 2 rings (SSSR count). The van der Waals surface area contributed by atoms with Crippen molar-refractivity contribution in [2.45, 2.75) is 0 Å². The first kappa shape index (κ1) is 10.6. The molecule has 0 aliphatic heterocycles. The molecule has 0 aliphatic rings. The van der Waals surface area contributed by atoms with E-state index in [1.807, 2.05) is 0 Å². The van der Waals surface area contributed by atoms with Gasteiger partial charge in [0, 0.05) is 0 Å². The van der Waals surface area contributed by atoms with Crippen molar-refractivity contribution in [1.82, 2.24) is 0 Å². The molecule has 0 saturated carbocycles. The Morgan fingerprint density at radius 2 is 1.13 bits per heavy atom. The summed E-state index contributed by atoms with van der Waals surface area (Å²) in [6.45, 7) is 0. The monoisotopic (exact) mass is 305 g/mol. The van der Waals surface area contributed by atoms with Crippen molar-refractivity contribution in [3.05, 3.63) is 60.7 Å². The number of hydrogen-bond donors (Lipinski definition) is 0. The van der Waals surface area contributed by atoms with Gasteiger partial charge in [-0.05, 0) is 0 Å². The molecular formula is C13H14NSb. The number of para-hydroxylation sites is 2. The Labute approximate surface area is 104 Å². The molecule has 2 heteroatoms. The number of hydrogen-bond acceptors (Lipinski definition) is 1. The average molecular weight is 306 g/mol. The standard InChI is InChI=1S/C13H12N.Sb.2H/c1-14(12-8-4-2-5-9-12)13-10-6-3-7-11-13;;;/h2-11H,1H2;;;. The van der Waals surface area contributed by atoms with E-state index in [9.17, 15) is 0 Å². The summed E-state index contributed by atoms with van der Waals surface area (Å²) in [5, 5.41) is 0. The van der Waals surface area contributed by atoms with Crippen molar-refractivity contribution in [3.63, 3.8) is 0 Å². The number of nitrogens with zero attached hydrogens (tertiary/aromatic N) is 1. The van der Waals surface area contributed by atoms with Gasteiger partial charge in [-0.25, -0.2) is 0 Å². The van der Waals surface area contributed by atoms with Crippen molar-refractivity contribution < 1.29 is 0 Å². The minimum absolute atomic E-state index is 1.11. The van der Waals surface area contributed by atoms with Crippen LogP contribution in [0.1, 0.15) is 0 Å². The fraction of sp³-hybridized carbons (Fsp3) is 0.0769. The van der Waals surface area contributed by atoms with Gasteiger partial charge in [0.1, 0.15) is 0 Å². The Morgan fingerprint density at radius 1 is 0.733 bits per heavy atom. The van der Waals surface area contributed by atoms with Crippen LogP contribution in [0, 0.1) is 0 Å². The first-order valence-electron chi connectivity index (χ1n) is 4.99. The molecule has 0 amide bonds. The van der Waals surface area contributed by atoms with Gasteiger partial charge in [0.15, 0.2) is 0 Å². The van der Waals surface area contributed by atoms with Crippen LogP contribution >= 0.6 is 0 Å². The Kier molecular flexibility index (Phi) is 3.68. The number of benzene rings is 2. The summed E-state index contributed by atoms with van der Waals surface area (Å²) in [6.07, 6.45) is 0. The van der Waals surface area contributed by atoms with E-state index in [0.717, 1.165) is 4.49 Å². The average Bonchev–Trinajstić information content (AvgIpc) is 2.33. The van der Waals surface area contributed by atoms with Gasteiger partial charge in [0.25, 0.3) is 0 Å². The van der Waals surface area contributed by atoms with Crippen LogP contribution in [0.15, 0.2) is 60.7 Å². The quantitative estimate of drug-likeness (QED) is 0.787. The summed E-state index contributed by atoms with van der Waals surface area (Å²) in [7, 11) is 0. The van der Waals surface area contributed by atoms with E-state index in [1.165, 1.54) is 34.4 Å². The maximum atomic E-state index is 2.35. The molecule has 0 atom stereocenters. The Bertz CT molecular complexity index is 360. The predicted molar refractivity (Wildman–Crippen MR) is 68.4 cm³/mol. The van der Waals surface area contributed by atoms with Crippen LogP contribution in [0.25, 0.3) is 0 Å². The molecule has 0 saturated heterocycles. The molecule has 0 bridgehead atoms. The van der Waals surface area contributed by atoms with Crippen LogP contribution < -0.4 is 4.90 Å². The van der Waals surface area contributed by atoms with E-state index < -0.39 is 0 Å². The fourth-order valence-electron chi connectivity index (χ4n) is 1.58. The van der Waals surface area contributed by atoms with Gasteiger partial charge >= 0.3 is 104 Å². The predicted octanol–water partition coefficient (Wildman–Crippen LogP) is 2.42. The number of anilines is 2. The number of rotatable bonds is 3. The normalized spacial score (nSPS) is 9.93. The van der Waals surface area contributed by atoms with E-state index in [1.54, 1.807) is 0 Å². The fourth-order valence-corrected chi connectivity index (χ4v) is 2.78. The molecule has 0 radical (unpaired) electrons. The molecule has 0 spiro atoms. The van der Waals surface area contributed by atoms with Crippen LogP contribution in [-0.4, -0.2) is 27.5 Å². The van der Waals surface area contributed by atoms with Gasteiger partial charge in [-0.3, -0.25) is 0 Å². The van der Waals surface area contributed by atoms with Gasteiger partial charge in [-0.15, -0.1) is 0 Å². The van der Waals surface area contributed by atoms with Gasteiger partial charge < -0.3 is 0 Å². The molecule has 0 fully saturated rings. The second-order valence-corrected chi connectivity index (χ2v) is 4.32. The third kappa shape index (κ3) is 2.54. The van der Waals surface area contributed by atoms with Crippen LogP contribution in [0.2, 0.25) is 0 Å². The topological polar surface area (TPSA) is 3.24 Å². The third-order valence-corrected chi connectivity index (χ3v) is 3.36. The van der Waals surface area contributed by atoms with Crippen molar-refractivity contribution >= 4 is 34.4 Å². The van der Waals surface area contributed by atoms with E-state index in [4.69, 9.17) is 0 Å². The Balaban J connectivity index is 2.34. The molecule has 0 unspecified atom stereocenters. The molecule has 0 aromatic heterocycles. The molecule has 0 N–H and O–H groups in total. The summed E-state index contributed by atoms with van der Waals surface area (Å²) < 4.78 is 1.11. The maximum absolute atomic E-state index is 2.35. The van der Waals surface area contributed by atoms with Gasteiger partial charge in [-0.1, -0.05) is 0 Å². The zero-order chi connectivity index (χ0) is 10.5. The molecule has 15 heavy (non-hydrogen) atoms. The third-order valence-electron chi connectivity index (χ3n) is 2.32. The second-order valence-electron chi connectivity index (χ2n) is 3.28. The van der Waals surface area contributed by atoms with E-state index in [0.29, 0.717) is 0 Å². The molecule has 2 aromatic rings. The van der Waals surface area contributed by atoms with E-state index in [2.05, 4.69) is 65.6 Å². The van der Waals surface area contributed by atoms with Crippen LogP contribution in [0.3, 0.4) is 0 Å². The zero-order valence-electron chi connectivity index (χ0n) is 8.51. The summed E-state index contributed by atoms with van der Waals surface area (Å²) in [5.41, 5.74) is 2.55. The summed E-state index contributed by atoms with van der Waals surface area (Å²) in [5.74, 6) is 0. The summed E-state index contributed by atoms with van der Waals surface area (Å²) >= 11 is 1.23. The van der Waals surface area contributed by atoms with Crippen LogP contribution in [0.5, 0.6) is 0 Å². The summed E-state index contributed by atoms with van der Waals surface area (Å²) in [6, 6.07) is 21.1.